The highest BCUT2D eigenvalue weighted by molar-refractivity contribution is 5.74. The topological polar surface area (TPSA) is 23.6 Å². The van der Waals surface area contributed by atoms with E-state index in [4.69, 9.17) is 0 Å². The second kappa shape index (κ2) is 5.38. The van der Waals surface area contributed by atoms with Crippen LogP contribution in [0.2, 0.25) is 0 Å². The third kappa shape index (κ3) is 3.11. The van der Waals surface area contributed by atoms with Gasteiger partial charge in [0.05, 0.1) is 0 Å². The van der Waals surface area contributed by atoms with Crippen molar-refractivity contribution in [3.63, 3.8) is 0 Å². The lowest BCUT2D eigenvalue weighted by atomic mass is 9.93. The van der Waals surface area contributed by atoms with E-state index in [2.05, 4.69) is 18.7 Å². The molecule has 1 rings (SSSR count). The molecule has 0 aromatic heterocycles. The van der Waals surface area contributed by atoms with E-state index in [9.17, 15) is 4.79 Å². The Morgan fingerprint density at radius 2 is 1.67 bits per heavy atom. The van der Waals surface area contributed by atoms with Crippen LogP contribution in [-0.2, 0) is 0 Å². The van der Waals surface area contributed by atoms with E-state index in [1.165, 1.54) is 32.1 Å². The molecule has 0 saturated heterocycles. The van der Waals surface area contributed by atoms with Crippen LogP contribution < -0.4 is 0 Å². The van der Waals surface area contributed by atoms with Gasteiger partial charge in [0.25, 0.3) is 0 Å². The maximum absolute atomic E-state index is 12.0. The summed E-state index contributed by atoms with van der Waals surface area (Å²) in [6.07, 6.45) is 6.23. The van der Waals surface area contributed by atoms with Gasteiger partial charge in [-0.05, 0) is 26.7 Å². The van der Waals surface area contributed by atoms with Gasteiger partial charge in [-0.25, -0.2) is 4.79 Å². The molecule has 1 saturated carbocycles. The molecule has 88 valence electrons. The van der Waals surface area contributed by atoms with Gasteiger partial charge in [-0.3, -0.25) is 0 Å². The summed E-state index contributed by atoms with van der Waals surface area (Å²) < 4.78 is 0. The number of amides is 2. The van der Waals surface area contributed by atoms with Gasteiger partial charge in [-0.1, -0.05) is 19.3 Å². The number of carbonyl (C=O) groups excluding carboxylic acids is 1. The van der Waals surface area contributed by atoms with Crippen LogP contribution in [0.5, 0.6) is 0 Å². The zero-order valence-electron chi connectivity index (χ0n) is 10.5. The Balaban J connectivity index is 2.67. The molecular formula is C12H24N2O. The van der Waals surface area contributed by atoms with Crippen molar-refractivity contribution in [3.05, 3.63) is 0 Å². The van der Waals surface area contributed by atoms with Crippen molar-refractivity contribution >= 4 is 6.03 Å². The molecule has 3 heteroatoms. The highest BCUT2D eigenvalue weighted by Gasteiger charge is 2.28. The van der Waals surface area contributed by atoms with Gasteiger partial charge in [0.2, 0.25) is 0 Å². The maximum Gasteiger partial charge on any atom is 0.319 e. The van der Waals surface area contributed by atoms with Gasteiger partial charge in [0.15, 0.2) is 0 Å². The molecule has 15 heavy (non-hydrogen) atoms. The van der Waals surface area contributed by atoms with Crippen LogP contribution in [-0.4, -0.2) is 42.0 Å². The number of nitrogens with zero attached hydrogens (tertiary/aromatic N) is 2. The SMILES string of the molecule is CC(C)N(C(=O)N(C)C)C1CCCCC1. The van der Waals surface area contributed by atoms with Crippen LogP contribution in [0.25, 0.3) is 0 Å². The van der Waals surface area contributed by atoms with Crippen molar-refractivity contribution in [3.8, 4) is 0 Å². The summed E-state index contributed by atoms with van der Waals surface area (Å²) in [5.74, 6) is 0. The minimum atomic E-state index is 0.164. The van der Waals surface area contributed by atoms with E-state index >= 15 is 0 Å². The number of urea groups is 1. The minimum absolute atomic E-state index is 0.164. The molecule has 1 aliphatic rings. The first-order valence-corrected chi connectivity index (χ1v) is 6.03. The lowest BCUT2D eigenvalue weighted by molar-refractivity contribution is 0.114. The van der Waals surface area contributed by atoms with Gasteiger partial charge in [-0.2, -0.15) is 0 Å². The molecule has 0 N–H and O–H groups in total. The lowest BCUT2D eigenvalue weighted by Crippen LogP contribution is -2.49. The third-order valence-electron chi connectivity index (χ3n) is 3.13. The van der Waals surface area contributed by atoms with Crippen LogP contribution >= 0.6 is 0 Å². The molecule has 1 fully saturated rings. The van der Waals surface area contributed by atoms with Crippen LogP contribution in [0.4, 0.5) is 4.79 Å². The highest BCUT2D eigenvalue weighted by atomic mass is 16.2. The van der Waals surface area contributed by atoms with Crippen LogP contribution in [0, 0.1) is 0 Å². The molecule has 0 aromatic rings. The largest absolute Gasteiger partial charge is 0.331 e. The van der Waals surface area contributed by atoms with E-state index < -0.39 is 0 Å². The number of carbonyl (C=O) groups is 1. The molecular weight excluding hydrogens is 188 g/mol. The fraction of sp³-hybridized carbons (Fsp3) is 0.917. The minimum Gasteiger partial charge on any atom is -0.331 e. The number of hydrogen-bond donors (Lipinski definition) is 0. The summed E-state index contributed by atoms with van der Waals surface area (Å²) in [5.41, 5.74) is 0. The molecule has 1 aliphatic carbocycles. The van der Waals surface area contributed by atoms with E-state index in [0.29, 0.717) is 12.1 Å². The Morgan fingerprint density at radius 3 is 2.07 bits per heavy atom. The monoisotopic (exact) mass is 212 g/mol. The van der Waals surface area contributed by atoms with Crippen LogP contribution in [0.3, 0.4) is 0 Å². The van der Waals surface area contributed by atoms with E-state index in [1.807, 2.05) is 14.1 Å². The molecule has 0 spiro atoms. The molecule has 3 nitrogen and oxygen atoms in total. The van der Waals surface area contributed by atoms with Crippen molar-refractivity contribution < 1.29 is 4.79 Å². The Hall–Kier alpha value is -0.730. The van der Waals surface area contributed by atoms with Gasteiger partial charge in [-0.15, -0.1) is 0 Å². The molecule has 0 radical (unpaired) electrons. The molecule has 0 bridgehead atoms. The fourth-order valence-corrected chi connectivity index (χ4v) is 2.39. The molecule has 0 aromatic carbocycles. The van der Waals surface area contributed by atoms with Gasteiger partial charge >= 0.3 is 6.03 Å². The Kier molecular flexibility index (Phi) is 4.43. The normalized spacial score (nSPS) is 17.9. The van der Waals surface area contributed by atoms with Crippen molar-refractivity contribution in [2.45, 2.75) is 58.0 Å². The number of hydrogen-bond acceptors (Lipinski definition) is 1. The molecule has 0 unspecified atom stereocenters. The summed E-state index contributed by atoms with van der Waals surface area (Å²) in [7, 11) is 3.67. The summed E-state index contributed by atoms with van der Waals surface area (Å²) in [4.78, 5) is 15.8. The summed E-state index contributed by atoms with van der Waals surface area (Å²) in [6, 6.07) is 0.938. The first-order chi connectivity index (χ1) is 7.04. The van der Waals surface area contributed by atoms with Gasteiger partial charge in [0.1, 0.15) is 0 Å². The van der Waals surface area contributed by atoms with Gasteiger partial charge in [0, 0.05) is 26.2 Å². The smallest absolute Gasteiger partial charge is 0.319 e. The summed E-state index contributed by atoms with van der Waals surface area (Å²) in [5, 5.41) is 0. The highest BCUT2D eigenvalue weighted by Crippen LogP contribution is 2.24. The first-order valence-electron chi connectivity index (χ1n) is 6.03. The van der Waals surface area contributed by atoms with E-state index in [0.717, 1.165) is 0 Å². The van der Waals surface area contributed by atoms with E-state index in [-0.39, 0.29) is 6.03 Å². The predicted octanol–water partition coefficient (Wildman–Crippen LogP) is 2.71. The van der Waals surface area contributed by atoms with Crippen molar-refractivity contribution in [1.82, 2.24) is 9.80 Å². The van der Waals surface area contributed by atoms with E-state index in [1.54, 1.807) is 4.90 Å². The van der Waals surface area contributed by atoms with Crippen molar-refractivity contribution in [1.29, 1.82) is 0 Å². The Bertz CT molecular complexity index is 208. The Labute approximate surface area is 93.4 Å². The summed E-state index contributed by atoms with van der Waals surface area (Å²) >= 11 is 0. The van der Waals surface area contributed by atoms with Crippen LogP contribution in [0.15, 0.2) is 0 Å². The molecule has 0 atom stereocenters. The van der Waals surface area contributed by atoms with Gasteiger partial charge < -0.3 is 9.80 Å². The second-order valence-corrected chi connectivity index (χ2v) is 4.97. The average molecular weight is 212 g/mol. The first kappa shape index (κ1) is 12.3. The molecule has 0 aliphatic heterocycles. The lowest BCUT2D eigenvalue weighted by Gasteiger charge is -2.38. The number of rotatable bonds is 2. The fourth-order valence-electron chi connectivity index (χ4n) is 2.39. The summed E-state index contributed by atoms with van der Waals surface area (Å²) in [6.45, 7) is 4.21. The Morgan fingerprint density at radius 1 is 1.13 bits per heavy atom. The zero-order chi connectivity index (χ0) is 11.4. The standard InChI is InChI=1S/C12H24N2O/c1-10(2)14(12(15)13(3)4)11-8-6-5-7-9-11/h10-11H,5-9H2,1-4H3. The molecule has 2 amide bonds. The van der Waals surface area contributed by atoms with Crippen LogP contribution in [0.1, 0.15) is 46.0 Å². The molecule has 0 heterocycles. The second-order valence-electron chi connectivity index (χ2n) is 4.97. The van der Waals surface area contributed by atoms with Crippen molar-refractivity contribution in [2.75, 3.05) is 14.1 Å². The quantitative estimate of drug-likeness (QED) is 0.690. The maximum atomic E-state index is 12.0. The third-order valence-corrected chi connectivity index (χ3v) is 3.13. The zero-order valence-corrected chi connectivity index (χ0v) is 10.5. The predicted molar refractivity (Wildman–Crippen MR) is 62.9 cm³/mol. The average Bonchev–Trinajstić information content (AvgIpc) is 2.18. The van der Waals surface area contributed by atoms with Crippen molar-refractivity contribution in [2.24, 2.45) is 0 Å².